The molecule has 0 unspecified atom stereocenters. The number of likely N-dealkylation sites (tertiary alicyclic amines) is 1. The van der Waals surface area contributed by atoms with E-state index in [1.807, 2.05) is 6.07 Å². The van der Waals surface area contributed by atoms with Crippen molar-refractivity contribution >= 4 is 15.8 Å². The molecular formula is C26H34F2N4O2S. The lowest BCUT2D eigenvalue weighted by Gasteiger charge is -2.47. The molecule has 0 radical (unpaired) electrons. The molecule has 0 aliphatic carbocycles. The molecule has 3 fully saturated rings. The minimum atomic E-state index is -3.65. The smallest absolute Gasteiger partial charge is 0.251 e. The van der Waals surface area contributed by atoms with Gasteiger partial charge in [-0.1, -0.05) is 30.3 Å². The molecule has 6 nitrogen and oxygen atoms in total. The van der Waals surface area contributed by atoms with E-state index in [1.54, 1.807) is 21.3 Å². The Hall–Kier alpha value is -2.10. The zero-order valence-electron chi connectivity index (χ0n) is 20.1. The highest BCUT2D eigenvalue weighted by Crippen LogP contribution is 2.41. The summed E-state index contributed by atoms with van der Waals surface area (Å²) in [6.07, 6.45) is 4.92. The third kappa shape index (κ3) is 5.52. The number of nitrogens with zero attached hydrogens (tertiary/aromatic N) is 4. The van der Waals surface area contributed by atoms with Crippen molar-refractivity contribution in [2.75, 3.05) is 44.2 Å². The number of benzene rings is 1. The maximum Gasteiger partial charge on any atom is 0.251 e. The van der Waals surface area contributed by atoms with Crippen LogP contribution in [-0.4, -0.2) is 67.8 Å². The van der Waals surface area contributed by atoms with E-state index in [0.717, 1.165) is 45.3 Å². The summed E-state index contributed by atoms with van der Waals surface area (Å²) in [5.41, 5.74) is 1.34. The molecule has 2 aromatic rings. The molecule has 35 heavy (non-hydrogen) atoms. The van der Waals surface area contributed by atoms with Gasteiger partial charge in [-0.2, -0.15) is 4.31 Å². The van der Waals surface area contributed by atoms with Gasteiger partial charge >= 0.3 is 0 Å². The first-order valence-electron chi connectivity index (χ1n) is 12.6. The second-order valence-corrected chi connectivity index (χ2v) is 12.3. The van der Waals surface area contributed by atoms with Crippen molar-refractivity contribution in [3.05, 3.63) is 54.2 Å². The maximum absolute atomic E-state index is 13.5. The molecule has 0 saturated carbocycles. The molecule has 3 aliphatic rings. The molecule has 3 saturated heterocycles. The first-order chi connectivity index (χ1) is 16.7. The standard InChI is InChI=1S/C26H34F2N4O2S/c27-26(28)12-17-31(18-13-26)24-8-7-23(19-29-24)35(33,34)32-14-4-9-25(21-32)10-15-30(16-11-25)20-22-5-2-1-3-6-22/h1-3,5-8,19H,4,9-18,20-21H2. The molecule has 9 heteroatoms. The maximum atomic E-state index is 13.5. The molecule has 190 valence electrons. The van der Waals surface area contributed by atoms with Gasteiger partial charge in [0.15, 0.2) is 0 Å². The molecular weight excluding hydrogens is 470 g/mol. The van der Waals surface area contributed by atoms with Crippen LogP contribution in [0.3, 0.4) is 0 Å². The topological polar surface area (TPSA) is 56.8 Å². The number of halogens is 2. The SMILES string of the molecule is O=S(=O)(c1ccc(N2CCC(F)(F)CC2)nc1)N1CCCC2(CCN(Cc3ccccc3)CC2)C1. The number of sulfonamides is 1. The fourth-order valence-corrected chi connectivity index (χ4v) is 7.26. The summed E-state index contributed by atoms with van der Waals surface area (Å²) in [5, 5.41) is 0. The fraction of sp³-hybridized carbons (Fsp3) is 0.577. The number of anilines is 1. The van der Waals surface area contributed by atoms with E-state index in [-0.39, 0.29) is 36.2 Å². The van der Waals surface area contributed by atoms with Gasteiger partial charge in [-0.15, -0.1) is 0 Å². The lowest BCUT2D eigenvalue weighted by Crippen LogP contribution is -2.50. The van der Waals surface area contributed by atoms with E-state index in [9.17, 15) is 17.2 Å². The number of hydrogen-bond donors (Lipinski definition) is 0. The zero-order chi connectivity index (χ0) is 24.5. The first-order valence-corrected chi connectivity index (χ1v) is 14.0. The van der Waals surface area contributed by atoms with Crippen LogP contribution in [0.2, 0.25) is 0 Å². The monoisotopic (exact) mass is 504 g/mol. The Morgan fingerprint density at radius 3 is 2.23 bits per heavy atom. The van der Waals surface area contributed by atoms with Crippen LogP contribution in [0.15, 0.2) is 53.6 Å². The molecule has 5 rings (SSSR count). The van der Waals surface area contributed by atoms with Crippen molar-refractivity contribution in [2.24, 2.45) is 5.41 Å². The number of rotatable bonds is 5. The molecule has 3 aliphatic heterocycles. The second-order valence-electron chi connectivity index (χ2n) is 10.4. The predicted molar refractivity (Wildman–Crippen MR) is 132 cm³/mol. The Kier molecular flexibility index (Phi) is 6.85. The van der Waals surface area contributed by atoms with Gasteiger partial charge in [0, 0.05) is 51.8 Å². The first kappa shape index (κ1) is 24.6. The van der Waals surface area contributed by atoms with Crippen LogP contribution >= 0.6 is 0 Å². The third-order valence-corrected chi connectivity index (χ3v) is 9.80. The Morgan fingerprint density at radius 1 is 0.857 bits per heavy atom. The van der Waals surface area contributed by atoms with Crippen molar-refractivity contribution in [2.45, 2.75) is 55.9 Å². The van der Waals surface area contributed by atoms with Crippen LogP contribution in [0, 0.1) is 5.41 Å². The van der Waals surface area contributed by atoms with Gasteiger partial charge in [-0.25, -0.2) is 22.2 Å². The minimum Gasteiger partial charge on any atom is -0.356 e. The van der Waals surface area contributed by atoms with Crippen molar-refractivity contribution < 1.29 is 17.2 Å². The lowest BCUT2D eigenvalue weighted by atomic mass is 9.73. The molecule has 0 N–H and O–H groups in total. The Bertz CT molecular complexity index is 1090. The van der Waals surface area contributed by atoms with Crippen molar-refractivity contribution in [1.29, 1.82) is 0 Å². The Balaban J connectivity index is 1.21. The van der Waals surface area contributed by atoms with E-state index in [1.165, 1.54) is 11.8 Å². The molecule has 1 spiro atoms. The number of alkyl halides is 2. The van der Waals surface area contributed by atoms with E-state index < -0.39 is 15.9 Å². The van der Waals surface area contributed by atoms with E-state index >= 15 is 0 Å². The number of pyridine rings is 1. The van der Waals surface area contributed by atoms with E-state index in [0.29, 0.717) is 18.9 Å². The van der Waals surface area contributed by atoms with Crippen LogP contribution in [-0.2, 0) is 16.6 Å². The Labute approximate surface area is 207 Å². The minimum absolute atomic E-state index is 0.0326. The number of hydrogen-bond acceptors (Lipinski definition) is 5. The summed E-state index contributed by atoms with van der Waals surface area (Å²) in [6.45, 7) is 4.43. The van der Waals surface area contributed by atoms with Gasteiger partial charge in [0.05, 0.1) is 0 Å². The van der Waals surface area contributed by atoms with Crippen LogP contribution < -0.4 is 4.90 Å². The quantitative estimate of drug-likeness (QED) is 0.605. The van der Waals surface area contributed by atoms with Crippen LogP contribution in [0.1, 0.15) is 44.1 Å². The molecule has 0 bridgehead atoms. The average Bonchev–Trinajstić information content (AvgIpc) is 2.86. The average molecular weight is 505 g/mol. The van der Waals surface area contributed by atoms with E-state index in [4.69, 9.17) is 0 Å². The third-order valence-electron chi connectivity index (χ3n) is 7.97. The fourth-order valence-electron chi connectivity index (χ4n) is 5.73. The van der Waals surface area contributed by atoms with E-state index in [2.05, 4.69) is 34.1 Å². The summed E-state index contributed by atoms with van der Waals surface area (Å²) in [7, 11) is -3.65. The van der Waals surface area contributed by atoms with Crippen LogP contribution in [0.4, 0.5) is 14.6 Å². The van der Waals surface area contributed by atoms with Gasteiger partial charge in [-0.05, 0) is 61.9 Å². The summed E-state index contributed by atoms with van der Waals surface area (Å²) in [6, 6.07) is 13.7. The second kappa shape index (κ2) is 9.75. The Morgan fingerprint density at radius 2 is 1.57 bits per heavy atom. The number of aromatic nitrogens is 1. The van der Waals surface area contributed by atoms with Gasteiger partial charge in [0.25, 0.3) is 5.92 Å². The highest BCUT2D eigenvalue weighted by molar-refractivity contribution is 7.89. The molecule has 4 heterocycles. The van der Waals surface area contributed by atoms with Gasteiger partial charge in [-0.3, -0.25) is 4.90 Å². The zero-order valence-corrected chi connectivity index (χ0v) is 20.9. The van der Waals surface area contributed by atoms with Crippen LogP contribution in [0.25, 0.3) is 0 Å². The molecule has 0 amide bonds. The number of piperidine rings is 3. The normalized spacial score (nSPS) is 23.4. The predicted octanol–water partition coefficient (Wildman–Crippen LogP) is 4.38. The summed E-state index contributed by atoms with van der Waals surface area (Å²) >= 11 is 0. The molecule has 1 aromatic carbocycles. The largest absolute Gasteiger partial charge is 0.356 e. The van der Waals surface area contributed by atoms with Crippen molar-refractivity contribution in [3.8, 4) is 0 Å². The van der Waals surface area contributed by atoms with Crippen molar-refractivity contribution in [3.63, 3.8) is 0 Å². The summed E-state index contributed by atoms with van der Waals surface area (Å²) in [4.78, 5) is 8.78. The van der Waals surface area contributed by atoms with Gasteiger partial charge in [0.1, 0.15) is 10.7 Å². The van der Waals surface area contributed by atoms with Gasteiger partial charge in [0.2, 0.25) is 10.0 Å². The van der Waals surface area contributed by atoms with Crippen molar-refractivity contribution in [1.82, 2.24) is 14.2 Å². The lowest BCUT2D eigenvalue weighted by molar-refractivity contribution is -0.0221. The molecule has 1 aromatic heterocycles. The highest BCUT2D eigenvalue weighted by atomic mass is 32.2. The highest BCUT2D eigenvalue weighted by Gasteiger charge is 2.42. The van der Waals surface area contributed by atoms with Crippen LogP contribution in [0.5, 0.6) is 0 Å². The van der Waals surface area contributed by atoms with Gasteiger partial charge < -0.3 is 4.90 Å². The summed E-state index contributed by atoms with van der Waals surface area (Å²) in [5.74, 6) is -2.07. The molecule has 0 atom stereocenters. The summed E-state index contributed by atoms with van der Waals surface area (Å²) < 4.78 is 55.5.